The van der Waals surface area contributed by atoms with Crippen molar-refractivity contribution in [2.45, 2.75) is 20.4 Å². The van der Waals surface area contributed by atoms with Crippen LogP contribution in [0.1, 0.15) is 49.8 Å². The molecule has 4 rings (SSSR count). The number of ketones is 1. The summed E-state index contributed by atoms with van der Waals surface area (Å²) in [6.07, 6.45) is 0. The minimum absolute atomic E-state index is 0.0257. The maximum Gasteiger partial charge on any atom is 0.358 e. The maximum atomic E-state index is 12.0. The number of amides is 1. The second kappa shape index (κ2) is 8.65. The topological polar surface area (TPSA) is 177 Å². The molecule has 4 aromatic rings. The Hall–Kier alpha value is -4.74. The number of oxazole rings is 1. The van der Waals surface area contributed by atoms with Crippen LogP contribution < -0.4 is 10.5 Å². The van der Waals surface area contributed by atoms with E-state index in [9.17, 15) is 19.5 Å². The molecular weight excluding hydrogens is 446 g/mol. The first-order valence-electron chi connectivity index (χ1n) is 9.92. The Labute approximate surface area is 191 Å². The molecule has 12 nitrogen and oxygen atoms in total. The summed E-state index contributed by atoms with van der Waals surface area (Å²) in [6, 6.07) is 8.09. The van der Waals surface area contributed by atoms with Gasteiger partial charge in [-0.2, -0.15) is 9.78 Å². The van der Waals surface area contributed by atoms with Crippen LogP contribution in [0.5, 0.6) is 5.75 Å². The van der Waals surface area contributed by atoms with Crippen molar-refractivity contribution in [3.63, 3.8) is 0 Å². The van der Waals surface area contributed by atoms with E-state index in [1.165, 1.54) is 20.1 Å². The molecular formula is C22H19N5O7. The highest BCUT2D eigenvalue weighted by Gasteiger charge is 2.28. The molecule has 0 saturated carbocycles. The molecule has 1 aromatic carbocycles. The van der Waals surface area contributed by atoms with E-state index < -0.39 is 11.9 Å². The standard InChI is InChI=1S/C22H19N5O7/c1-10-4-5-12(8-15(10)32-3)19-18(22(30)31)24-21(34-19)17-16(20(23)29)25-27(26-17)9-13-6-7-14(33-13)11(2)28/h4-8H,9H2,1-3H3,(H2,23,29)(H,30,31). The zero-order chi connectivity index (χ0) is 24.6. The Morgan fingerprint density at radius 2 is 1.88 bits per heavy atom. The number of benzene rings is 1. The van der Waals surface area contributed by atoms with Crippen molar-refractivity contribution in [1.82, 2.24) is 20.0 Å². The largest absolute Gasteiger partial charge is 0.496 e. The van der Waals surface area contributed by atoms with Crippen LogP contribution in [0, 0.1) is 6.92 Å². The number of aromatic nitrogens is 4. The average molecular weight is 465 g/mol. The number of ether oxygens (including phenoxy) is 1. The molecule has 3 heterocycles. The summed E-state index contributed by atoms with van der Waals surface area (Å²) in [5.74, 6) is -1.77. The molecule has 0 bridgehead atoms. The maximum absolute atomic E-state index is 12.0. The number of carboxylic acid groups (broad SMARTS) is 1. The van der Waals surface area contributed by atoms with Crippen molar-refractivity contribution in [2.24, 2.45) is 5.73 Å². The highest BCUT2D eigenvalue weighted by Crippen LogP contribution is 2.33. The first kappa shape index (κ1) is 22.5. The highest BCUT2D eigenvalue weighted by molar-refractivity contribution is 5.97. The van der Waals surface area contributed by atoms with Crippen LogP contribution in [0.4, 0.5) is 0 Å². The van der Waals surface area contributed by atoms with Gasteiger partial charge in [0.15, 0.2) is 34.4 Å². The predicted molar refractivity (Wildman–Crippen MR) is 116 cm³/mol. The van der Waals surface area contributed by atoms with E-state index >= 15 is 0 Å². The monoisotopic (exact) mass is 465 g/mol. The zero-order valence-corrected chi connectivity index (χ0v) is 18.4. The number of carbonyl (C=O) groups is 3. The normalized spacial score (nSPS) is 10.9. The van der Waals surface area contributed by atoms with E-state index in [2.05, 4.69) is 15.2 Å². The molecule has 0 atom stereocenters. The van der Waals surface area contributed by atoms with E-state index in [4.69, 9.17) is 19.3 Å². The van der Waals surface area contributed by atoms with E-state index in [-0.39, 0.29) is 46.8 Å². The van der Waals surface area contributed by atoms with Crippen LogP contribution in [0.2, 0.25) is 0 Å². The lowest BCUT2D eigenvalue weighted by Gasteiger charge is -2.06. The lowest BCUT2D eigenvalue weighted by Crippen LogP contribution is -2.13. The molecule has 3 N–H and O–H groups in total. The van der Waals surface area contributed by atoms with Gasteiger partial charge in [-0.1, -0.05) is 12.1 Å². The second-order valence-electron chi connectivity index (χ2n) is 7.30. The number of carboxylic acids is 1. The van der Waals surface area contributed by atoms with Gasteiger partial charge in [-0.15, -0.1) is 10.2 Å². The lowest BCUT2D eigenvalue weighted by atomic mass is 10.1. The minimum Gasteiger partial charge on any atom is -0.496 e. The van der Waals surface area contributed by atoms with Gasteiger partial charge < -0.3 is 24.4 Å². The molecule has 0 aliphatic heterocycles. The van der Waals surface area contributed by atoms with E-state index in [1.807, 2.05) is 6.92 Å². The van der Waals surface area contributed by atoms with Crippen LogP contribution in [-0.2, 0) is 6.54 Å². The van der Waals surface area contributed by atoms with Crippen LogP contribution in [0.15, 0.2) is 39.2 Å². The quantitative estimate of drug-likeness (QED) is 0.368. The number of carbonyl (C=O) groups excluding carboxylic acids is 2. The molecule has 0 unspecified atom stereocenters. The lowest BCUT2D eigenvalue weighted by molar-refractivity contribution is 0.0691. The molecule has 0 spiro atoms. The number of rotatable bonds is 8. The Balaban J connectivity index is 1.78. The second-order valence-corrected chi connectivity index (χ2v) is 7.30. The highest BCUT2D eigenvalue weighted by atomic mass is 16.5. The Kier molecular flexibility index (Phi) is 5.72. The fourth-order valence-electron chi connectivity index (χ4n) is 3.24. The molecule has 0 radical (unpaired) electrons. The number of primary amides is 1. The van der Waals surface area contributed by atoms with Gasteiger partial charge in [0.05, 0.1) is 7.11 Å². The van der Waals surface area contributed by atoms with Crippen molar-refractivity contribution in [1.29, 1.82) is 0 Å². The number of hydrogen-bond acceptors (Lipinski definition) is 9. The third-order valence-corrected chi connectivity index (χ3v) is 4.90. The van der Waals surface area contributed by atoms with Crippen molar-refractivity contribution in [3.05, 3.63) is 58.8 Å². The number of aromatic carboxylic acids is 1. The van der Waals surface area contributed by atoms with Gasteiger partial charge in [-0.3, -0.25) is 9.59 Å². The number of hydrogen-bond donors (Lipinski definition) is 2. The van der Waals surface area contributed by atoms with Crippen LogP contribution >= 0.6 is 0 Å². The van der Waals surface area contributed by atoms with Gasteiger partial charge in [-0.05, 0) is 30.7 Å². The van der Waals surface area contributed by atoms with E-state index in [0.29, 0.717) is 17.1 Å². The van der Waals surface area contributed by atoms with Gasteiger partial charge in [-0.25, -0.2) is 4.79 Å². The fourth-order valence-corrected chi connectivity index (χ4v) is 3.24. The molecule has 0 saturated heterocycles. The molecule has 34 heavy (non-hydrogen) atoms. The Morgan fingerprint density at radius 1 is 1.12 bits per heavy atom. The summed E-state index contributed by atoms with van der Waals surface area (Å²) < 4.78 is 16.5. The Morgan fingerprint density at radius 3 is 2.50 bits per heavy atom. The molecule has 1 amide bonds. The fraction of sp³-hybridized carbons (Fsp3) is 0.182. The molecule has 0 aliphatic carbocycles. The van der Waals surface area contributed by atoms with Gasteiger partial charge in [0.25, 0.3) is 11.8 Å². The van der Waals surface area contributed by atoms with Crippen LogP contribution in [0.3, 0.4) is 0 Å². The van der Waals surface area contributed by atoms with Crippen LogP contribution in [-0.4, -0.2) is 49.9 Å². The average Bonchev–Trinajstić information content (AvgIpc) is 3.52. The summed E-state index contributed by atoms with van der Waals surface area (Å²) in [5, 5.41) is 17.9. The zero-order valence-electron chi connectivity index (χ0n) is 18.4. The van der Waals surface area contributed by atoms with Gasteiger partial charge in [0, 0.05) is 12.5 Å². The van der Waals surface area contributed by atoms with Crippen molar-refractivity contribution < 1.29 is 33.1 Å². The number of Topliss-reactive ketones (excluding diaryl/α,β-unsaturated/α-hetero) is 1. The number of nitrogens with two attached hydrogens (primary N) is 1. The van der Waals surface area contributed by atoms with Gasteiger partial charge in [0.2, 0.25) is 0 Å². The smallest absolute Gasteiger partial charge is 0.358 e. The van der Waals surface area contributed by atoms with Crippen molar-refractivity contribution in [3.8, 4) is 28.7 Å². The third kappa shape index (κ3) is 4.16. The van der Waals surface area contributed by atoms with E-state index in [0.717, 1.165) is 10.4 Å². The minimum atomic E-state index is -1.34. The van der Waals surface area contributed by atoms with E-state index in [1.54, 1.807) is 24.3 Å². The Bertz CT molecular complexity index is 1430. The molecule has 12 heteroatoms. The number of methoxy groups -OCH3 is 1. The summed E-state index contributed by atoms with van der Waals surface area (Å²) in [4.78, 5) is 40.4. The molecule has 0 fully saturated rings. The summed E-state index contributed by atoms with van der Waals surface area (Å²) in [6.45, 7) is 3.17. The first-order chi connectivity index (χ1) is 16.2. The number of aryl methyl sites for hydroxylation is 1. The summed E-state index contributed by atoms with van der Waals surface area (Å²) >= 11 is 0. The predicted octanol–water partition coefficient (Wildman–Crippen LogP) is 2.56. The van der Waals surface area contributed by atoms with Gasteiger partial charge >= 0.3 is 5.97 Å². The molecule has 3 aromatic heterocycles. The van der Waals surface area contributed by atoms with Crippen molar-refractivity contribution >= 4 is 17.7 Å². The SMILES string of the molecule is COc1cc(-c2oc(-c3nn(Cc4ccc(C(C)=O)o4)nc3C(N)=O)nc2C(=O)O)ccc1C. The van der Waals surface area contributed by atoms with Crippen LogP contribution in [0.25, 0.3) is 22.9 Å². The molecule has 0 aliphatic rings. The first-order valence-corrected chi connectivity index (χ1v) is 9.92. The van der Waals surface area contributed by atoms with Crippen molar-refractivity contribution in [2.75, 3.05) is 7.11 Å². The number of furan rings is 1. The summed E-state index contributed by atoms with van der Waals surface area (Å²) in [5.41, 5.74) is 5.89. The molecule has 174 valence electrons. The number of nitrogens with zero attached hydrogens (tertiary/aromatic N) is 4. The third-order valence-electron chi connectivity index (χ3n) is 4.90. The summed E-state index contributed by atoms with van der Waals surface area (Å²) in [7, 11) is 1.49. The van der Waals surface area contributed by atoms with Gasteiger partial charge in [0.1, 0.15) is 18.1 Å².